The van der Waals surface area contributed by atoms with Crippen LogP contribution >= 0.6 is 0 Å². The third-order valence-electron chi connectivity index (χ3n) is 3.83. The lowest BCUT2D eigenvalue weighted by molar-refractivity contribution is -0.139. The standard InChI is InChI=1S/C17H17N5O6S/c23-15-14(19-17(25)28-11-12-4-2-1-3-5-12)10-22(15)16(24)21-29(26,27)20-13-6-8-18-9-7-13/h1-9,14H,10-11H2,(H,18,20)(H,19,25)(H,21,24). The van der Waals surface area contributed by atoms with E-state index in [2.05, 4.69) is 15.0 Å². The molecule has 2 aromatic rings. The van der Waals surface area contributed by atoms with E-state index in [1.54, 1.807) is 29.0 Å². The summed E-state index contributed by atoms with van der Waals surface area (Å²) in [5.74, 6) is -0.752. The maximum Gasteiger partial charge on any atom is 0.408 e. The van der Waals surface area contributed by atoms with Crippen molar-refractivity contribution >= 4 is 33.9 Å². The van der Waals surface area contributed by atoms with Gasteiger partial charge in [0.1, 0.15) is 12.6 Å². The highest BCUT2D eigenvalue weighted by Gasteiger charge is 2.43. The molecule has 1 fully saturated rings. The fourth-order valence-electron chi connectivity index (χ4n) is 2.39. The zero-order valence-corrected chi connectivity index (χ0v) is 15.8. The molecule has 11 nitrogen and oxygen atoms in total. The summed E-state index contributed by atoms with van der Waals surface area (Å²) in [7, 11) is -4.24. The third-order valence-corrected chi connectivity index (χ3v) is 4.78. The number of likely N-dealkylation sites (tertiary alicyclic amines) is 1. The molecule has 4 amide bonds. The largest absolute Gasteiger partial charge is 0.445 e. The number of imide groups is 1. The minimum atomic E-state index is -4.24. The van der Waals surface area contributed by atoms with Crippen LogP contribution in [0.3, 0.4) is 0 Å². The van der Waals surface area contributed by atoms with Crippen molar-refractivity contribution < 1.29 is 27.5 Å². The molecule has 1 aliphatic rings. The predicted molar refractivity (Wildman–Crippen MR) is 101 cm³/mol. The van der Waals surface area contributed by atoms with E-state index in [9.17, 15) is 22.8 Å². The number of ether oxygens (including phenoxy) is 1. The molecule has 2 heterocycles. The zero-order valence-electron chi connectivity index (χ0n) is 14.9. The molecule has 1 aromatic heterocycles. The summed E-state index contributed by atoms with van der Waals surface area (Å²) in [5, 5.41) is 2.32. The summed E-state index contributed by atoms with van der Waals surface area (Å²) < 4.78 is 32.7. The number of carbonyl (C=O) groups is 3. The predicted octanol–water partition coefficient (Wildman–Crippen LogP) is 0.585. The summed E-state index contributed by atoms with van der Waals surface area (Å²) in [6.07, 6.45) is 1.91. The Hall–Kier alpha value is -3.67. The van der Waals surface area contributed by atoms with Gasteiger partial charge in [0.2, 0.25) is 0 Å². The van der Waals surface area contributed by atoms with Crippen LogP contribution in [0.15, 0.2) is 54.9 Å². The van der Waals surface area contributed by atoms with Crippen LogP contribution in [-0.2, 0) is 26.3 Å². The third kappa shape index (κ3) is 5.42. The van der Waals surface area contributed by atoms with Crippen molar-refractivity contribution in [2.45, 2.75) is 12.6 Å². The number of nitrogens with one attached hydrogen (secondary N) is 3. The minimum absolute atomic E-state index is 0.0245. The number of alkyl carbamates (subject to hydrolysis) is 1. The maximum atomic E-state index is 12.0. The molecule has 1 unspecified atom stereocenters. The van der Waals surface area contributed by atoms with Crippen LogP contribution in [0.1, 0.15) is 5.56 Å². The minimum Gasteiger partial charge on any atom is -0.445 e. The fourth-order valence-corrected chi connectivity index (χ4v) is 3.23. The van der Waals surface area contributed by atoms with Crippen LogP contribution < -0.4 is 14.8 Å². The van der Waals surface area contributed by atoms with Gasteiger partial charge in [-0.3, -0.25) is 19.4 Å². The quantitative estimate of drug-likeness (QED) is 0.581. The van der Waals surface area contributed by atoms with Gasteiger partial charge in [-0.15, -0.1) is 0 Å². The highest BCUT2D eigenvalue weighted by molar-refractivity contribution is 7.91. The molecular weight excluding hydrogens is 402 g/mol. The smallest absolute Gasteiger partial charge is 0.408 e. The summed E-state index contributed by atoms with van der Waals surface area (Å²) in [6, 6.07) is 9.62. The van der Waals surface area contributed by atoms with Crippen LogP contribution in [0.4, 0.5) is 15.3 Å². The van der Waals surface area contributed by atoms with E-state index in [1.807, 2.05) is 6.07 Å². The highest BCUT2D eigenvalue weighted by Crippen LogP contribution is 2.12. The number of nitrogens with zero attached hydrogens (tertiary/aromatic N) is 2. The van der Waals surface area contributed by atoms with E-state index in [0.717, 1.165) is 5.56 Å². The molecule has 1 saturated heterocycles. The topological polar surface area (TPSA) is 147 Å². The molecule has 152 valence electrons. The molecule has 3 rings (SSSR count). The first kappa shape index (κ1) is 20.1. The van der Waals surface area contributed by atoms with Crippen molar-refractivity contribution in [2.75, 3.05) is 11.3 Å². The SMILES string of the molecule is O=C(NC1CN(C(=O)NS(=O)(=O)Nc2ccncc2)C1=O)OCc1ccccc1. The molecule has 12 heteroatoms. The molecule has 1 atom stereocenters. The summed E-state index contributed by atoms with van der Waals surface area (Å²) in [4.78, 5) is 40.2. The van der Waals surface area contributed by atoms with Crippen molar-refractivity contribution in [3.63, 3.8) is 0 Å². The van der Waals surface area contributed by atoms with Gasteiger partial charge in [-0.2, -0.15) is 8.42 Å². The number of hydrogen-bond donors (Lipinski definition) is 3. The fraction of sp³-hybridized carbons (Fsp3) is 0.176. The number of amides is 4. The van der Waals surface area contributed by atoms with Gasteiger partial charge < -0.3 is 10.1 Å². The average Bonchev–Trinajstić information content (AvgIpc) is 2.69. The van der Waals surface area contributed by atoms with E-state index < -0.39 is 34.3 Å². The molecule has 0 aliphatic carbocycles. The van der Waals surface area contributed by atoms with Crippen molar-refractivity contribution in [2.24, 2.45) is 0 Å². The molecule has 29 heavy (non-hydrogen) atoms. The molecular formula is C17H17N5O6S. The van der Waals surface area contributed by atoms with Gasteiger partial charge in [-0.25, -0.2) is 14.3 Å². The van der Waals surface area contributed by atoms with Crippen LogP contribution in [-0.4, -0.2) is 48.9 Å². The Kier molecular flexibility index (Phi) is 5.93. The van der Waals surface area contributed by atoms with Gasteiger partial charge in [-0.05, 0) is 17.7 Å². The van der Waals surface area contributed by atoms with Gasteiger partial charge >= 0.3 is 22.3 Å². The van der Waals surface area contributed by atoms with Crippen LogP contribution in [0.5, 0.6) is 0 Å². The lowest BCUT2D eigenvalue weighted by Crippen LogP contribution is -2.67. The Labute approximate surface area is 166 Å². The Morgan fingerprint density at radius 2 is 1.83 bits per heavy atom. The van der Waals surface area contributed by atoms with Crippen molar-refractivity contribution in [1.29, 1.82) is 0 Å². The van der Waals surface area contributed by atoms with Gasteiger partial charge in [0, 0.05) is 12.4 Å². The Morgan fingerprint density at radius 1 is 1.14 bits per heavy atom. The number of aromatic nitrogens is 1. The molecule has 1 aromatic carbocycles. The van der Waals surface area contributed by atoms with E-state index in [0.29, 0.717) is 4.90 Å². The monoisotopic (exact) mass is 419 g/mol. The lowest BCUT2D eigenvalue weighted by Gasteiger charge is -2.36. The van der Waals surface area contributed by atoms with Crippen molar-refractivity contribution in [3.8, 4) is 0 Å². The Morgan fingerprint density at radius 3 is 2.48 bits per heavy atom. The lowest BCUT2D eigenvalue weighted by atomic mass is 10.1. The second-order valence-corrected chi connectivity index (χ2v) is 7.37. The first-order chi connectivity index (χ1) is 13.8. The first-order valence-corrected chi connectivity index (χ1v) is 9.85. The van der Waals surface area contributed by atoms with Gasteiger partial charge in [0.05, 0.1) is 12.2 Å². The second kappa shape index (κ2) is 8.56. The van der Waals surface area contributed by atoms with Crippen molar-refractivity contribution in [3.05, 3.63) is 60.4 Å². The number of urea groups is 1. The van der Waals surface area contributed by atoms with Crippen molar-refractivity contribution in [1.82, 2.24) is 19.9 Å². The number of benzene rings is 1. The van der Waals surface area contributed by atoms with Crippen LogP contribution in [0, 0.1) is 0 Å². The number of β-lactam (4-membered cyclic amide) rings is 1. The number of rotatable bonds is 6. The summed E-state index contributed by atoms with van der Waals surface area (Å²) >= 11 is 0. The molecule has 0 radical (unpaired) electrons. The molecule has 0 saturated carbocycles. The van der Waals surface area contributed by atoms with Gasteiger partial charge in [-0.1, -0.05) is 30.3 Å². The second-order valence-electron chi connectivity index (χ2n) is 5.96. The summed E-state index contributed by atoms with van der Waals surface area (Å²) in [5.41, 5.74) is 0.964. The molecule has 0 spiro atoms. The number of carbonyl (C=O) groups excluding carboxylic acids is 3. The van der Waals surface area contributed by atoms with Gasteiger partial charge in [0.25, 0.3) is 5.91 Å². The Balaban J connectivity index is 1.44. The number of hydrogen-bond acceptors (Lipinski definition) is 7. The average molecular weight is 419 g/mol. The van der Waals surface area contributed by atoms with E-state index in [1.165, 1.54) is 24.5 Å². The molecule has 1 aliphatic heterocycles. The van der Waals surface area contributed by atoms with Crippen LogP contribution in [0.2, 0.25) is 0 Å². The highest BCUT2D eigenvalue weighted by atomic mass is 32.2. The van der Waals surface area contributed by atoms with E-state index in [4.69, 9.17) is 4.74 Å². The van der Waals surface area contributed by atoms with E-state index in [-0.39, 0.29) is 18.8 Å². The normalized spacial score (nSPS) is 15.8. The maximum absolute atomic E-state index is 12.0. The van der Waals surface area contributed by atoms with Crippen LogP contribution in [0.25, 0.3) is 0 Å². The first-order valence-electron chi connectivity index (χ1n) is 8.37. The van der Waals surface area contributed by atoms with E-state index >= 15 is 0 Å². The molecule has 3 N–H and O–H groups in total. The molecule has 0 bridgehead atoms. The summed E-state index contributed by atoms with van der Waals surface area (Å²) in [6.45, 7) is -0.160. The Bertz CT molecular complexity index is 999. The zero-order chi connectivity index (χ0) is 20.9. The number of pyridine rings is 1. The number of anilines is 1. The van der Waals surface area contributed by atoms with Gasteiger partial charge in [0.15, 0.2) is 0 Å².